The minimum absolute atomic E-state index is 0.228. The normalized spacial score (nSPS) is 12.1. The fourth-order valence-electron chi connectivity index (χ4n) is 2.06. The van der Waals surface area contributed by atoms with Crippen LogP contribution in [0.1, 0.15) is 65.2 Å². The third kappa shape index (κ3) is 7.09. The van der Waals surface area contributed by atoms with Gasteiger partial charge in [0.15, 0.2) is 0 Å². The fraction of sp³-hybridized carbons (Fsp3) is 0.714. The van der Waals surface area contributed by atoms with Crippen molar-refractivity contribution in [3.05, 3.63) is 11.1 Å². The largest absolute Gasteiger partial charge is 0.481 e. The van der Waals surface area contributed by atoms with E-state index in [-0.39, 0.29) is 6.42 Å². The van der Waals surface area contributed by atoms with Crippen LogP contribution in [0.15, 0.2) is 11.1 Å². The Morgan fingerprint density at radius 3 is 1.78 bits per heavy atom. The van der Waals surface area contributed by atoms with Crippen LogP contribution in [0.25, 0.3) is 0 Å². The number of carboxylic acid groups (broad SMARTS) is 2. The van der Waals surface area contributed by atoms with E-state index in [2.05, 4.69) is 0 Å². The number of hydrogen-bond acceptors (Lipinski definition) is 2. The Bertz CT molecular complexity index is 305. The lowest BCUT2D eigenvalue weighted by atomic mass is 9.97. The molecule has 4 nitrogen and oxygen atoms in total. The first kappa shape index (κ1) is 16.7. The summed E-state index contributed by atoms with van der Waals surface area (Å²) in [4.78, 5) is 21.3. The molecule has 4 heteroatoms. The van der Waals surface area contributed by atoms with E-state index < -0.39 is 11.9 Å². The Morgan fingerprint density at radius 2 is 1.39 bits per heavy atom. The molecule has 0 amide bonds. The molecule has 0 radical (unpaired) electrons. The number of rotatable bonds is 10. The summed E-state index contributed by atoms with van der Waals surface area (Å²) in [5.41, 5.74) is 1.58. The zero-order chi connectivity index (χ0) is 14.0. The van der Waals surface area contributed by atoms with E-state index in [9.17, 15) is 9.59 Å². The highest BCUT2D eigenvalue weighted by Gasteiger charge is 2.10. The van der Waals surface area contributed by atoms with Crippen molar-refractivity contribution in [1.29, 1.82) is 0 Å². The zero-order valence-electron chi connectivity index (χ0n) is 11.4. The number of hydrogen-bond donors (Lipinski definition) is 2. The van der Waals surface area contributed by atoms with Crippen molar-refractivity contribution in [2.75, 3.05) is 0 Å². The van der Waals surface area contributed by atoms with Gasteiger partial charge in [0.05, 0.1) is 0 Å². The predicted molar refractivity (Wildman–Crippen MR) is 70.6 cm³/mol. The molecular formula is C14H24O4. The van der Waals surface area contributed by atoms with Gasteiger partial charge in [-0.1, -0.05) is 32.3 Å². The second kappa shape index (κ2) is 9.68. The van der Waals surface area contributed by atoms with Crippen LogP contribution in [0, 0.1) is 0 Å². The fourth-order valence-corrected chi connectivity index (χ4v) is 2.06. The highest BCUT2D eigenvalue weighted by Crippen LogP contribution is 2.20. The smallest absolute Gasteiger partial charge is 0.331 e. The first-order chi connectivity index (χ1) is 8.52. The minimum Gasteiger partial charge on any atom is -0.481 e. The molecule has 0 rings (SSSR count). The predicted octanol–water partition coefficient (Wildman–Crippen LogP) is 3.61. The Kier molecular flexibility index (Phi) is 8.97. The molecular weight excluding hydrogens is 232 g/mol. The van der Waals surface area contributed by atoms with Crippen LogP contribution < -0.4 is 0 Å². The minimum atomic E-state index is -0.805. The van der Waals surface area contributed by atoms with Gasteiger partial charge in [-0.05, 0) is 32.1 Å². The molecule has 0 bridgehead atoms. The molecule has 0 heterocycles. The average molecular weight is 256 g/mol. The maximum absolute atomic E-state index is 11.0. The summed E-state index contributed by atoms with van der Waals surface area (Å²) in [6, 6.07) is 0. The van der Waals surface area contributed by atoms with Gasteiger partial charge < -0.3 is 10.2 Å². The van der Waals surface area contributed by atoms with Gasteiger partial charge in [-0.25, -0.2) is 4.79 Å². The van der Waals surface area contributed by atoms with Gasteiger partial charge in [0.2, 0.25) is 0 Å². The molecule has 0 aliphatic rings. The van der Waals surface area contributed by atoms with Gasteiger partial charge in [-0.15, -0.1) is 0 Å². The van der Waals surface area contributed by atoms with Crippen LogP contribution in [-0.4, -0.2) is 22.2 Å². The summed E-state index contributed by atoms with van der Waals surface area (Å²) in [5.74, 6) is -1.55. The lowest BCUT2D eigenvalue weighted by Crippen LogP contribution is -2.04. The zero-order valence-corrected chi connectivity index (χ0v) is 11.4. The van der Waals surface area contributed by atoms with E-state index in [1.807, 2.05) is 13.8 Å². The Labute approximate surface area is 109 Å². The van der Waals surface area contributed by atoms with Crippen molar-refractivity contribution in [2.24, 2.45) is 0 Å². The van der Waals surface area contributed by atoms with Crippen molar-refractivity contribution >= 4 is 11.9 Å². The highest BCUT2D eigenvalue weighted by atomic mass is 16.4. The Hall–Kier alpha value is -1.32. The molecule has 0 aromatic carbocycles. The van der Waals surface area contributed by atoms with Crippen molar-refractivity contribution in [1.82, 2.24) is 0 Å². The maximum atomic E-state index is 11.0. The summed E-state index contributed by atoms with van der Waals surface area (Å²) in [6.07, 6.45) is 5.91. The molecule has 0 aliphatic heterocycles. The topological polar surface area (TPSA) is 74.6 Å². The Morgan fingerprint density at radius 1 is 0.833 bits per heavy atom. The standard InChI is InChI=1S/C14H24O4/c1-3-11(12(4-2)14(17)18)9-7-5-6-8-10-13(15)16/h3-10H2,1-2H3,(H,15,16)(H,17,18). The van der Waals surface area contributed by atoms with Crippen molar-refractivity contribution in [3.8, 4) is 0 Å². The van der Waals surface area contributed by atoms with Gasteiger partial charge >= 0.3 is 11.9 Å². The molecule has 0 saturated heterocycles. The molecule has 104 valence electrons. The van der Waals surface area contributed by atoms with Gasteiger partial charge in [0.1, 0.15) is 0 Å². The van der Waals surface area contributed by atoms with Crippen LogP contribution in [-0.2, 0) is 9.59 Å². The number of allylic oxidation sites excluding steroid dienone is 1. The lowest BCUT2D eigenvalue weighted by molar-refractivity contribution is -0.137. The molecule has 2 N–H and O–H groups in total. The van der Waals surface area contributed by atoms with E-state index in [0.29, 0.717) is 18.4 Å². The maximum Gasteiger partial charge on any atom is 0.331 e. The second-order valence-electron chi connectivity index (χ2n) is 4.40. The molecule has 0 saturated carbocycles. The monoisotopic (exact) mass is 256 g/mol. The molecule has 0 aliphatic carbocycles. The average Bonchev–Trinajstić information content (AvgIpc) is 2.31. The Balaban J connectivity index is 4.01. The van der Waals surface area contributed by atoms with Crippen LogP contribution in [0.4, 0.5) is 0 Å². The molecule has 0 unspecified atom stereocenters. The number of aliphatic carboxylic acids is 2. The summed E-state index contributed by atoms with van der Waals surface area (Å²) in [6.45, 7) is 3.85. The van der Waals surface area contributed by atoms with Crippen molar-refractivity contribution in [2.45, 2.75) is 65.2 Å². The van der Waals surface area contributed by atoms with Crippen LogP contribution in [0.2, 0.25) is 0 Å². The van der Waals surface area contributed by atoms with E-state index in [1.54, 1.807) is 0 Å². The first-order valence-electron chi connectivity index (χ1n) is 6.68. The van der Waals surface area contributed by atoms with Gasteiger partial charge in [-0.2, -0.15) is 0 Å². The molecule has 0 spiro atoms. The molecule has 0 atom stereocenters. The summed E-state index contributed by atoms with van der Waals surface area (Å²) < 4.78 is 0. The molecule has 0 fully saturated rings. The second-order valence-corrected chi connectivity index (χ2v) is 4.40. The van der Waals surface area contributed by atoms with Gasteiger partial charge in [0.25, 0.3) is 0 Å². The van der Waals surface area contributed by atoms with Gasteiger partial charge in [0, 0.05) is 12.0 Å². The molecule has 18 heavy (non-hydrogen) atoms. The molecule has 0 aromatic heterocycles. The van der Waals surface area contributed by atoms with Crippen LogP contribution >= 0.6 is 0 Å². The van der Waals surface area contributed by atoms with E-state index in [0.717, 1.165) is 37.7 Å². The van der Waals surface area contributed by atoms with Crippen molar-refractivity contribution in [3.63, 3.8) is 0 Å². The SMILES string of the molecule is CCC(CCCCCCC(=O)O)=C(CC)C(=O)O. The highest BCUT2D eigenvalue weighted by molar-refractivity contribution is 5.87. The number of carbonyl (C=O) groups is 2. The van der Waals surface area contributed by atoms with E-state index in [1.165, 1.54) is 0 Å². The first-order valence-corrected chi connectivity index (χ1v) is 6.68. The quantitative estimate of drug-likeness (QED) is 0.462. The third-order valence-corrected chi connectivity index (χ3v) is 3.08. The summed E-state index contributed by atoms with van der Waals surface area (Å²) >= 11 is 0. The van der Waals surface area contributed by atoms with E-state index in [4.69, 9.17) is 10.2 Å². The van der Waals surface area contributed by atoms with E-state index >= 15 is 0 Å². The third-order valence-electron chi connectivity index (χ3n) is 3.08. The summed E-state index contributed by atoms with van der Waals surface area (Å²) in [7, 11) is 0. The molecule has 0 aromatic rings. The lowest BCUT2D eigenvalue weighted by Gasteiger charge is -2.09. The van der Waals surface area contributed by atoms with Crippen LogP contribution in [0.5, 0.6) is 0 Å². The summed E-state index contributed by atoms with van der Waals surface area (Å²) in [5, 5.41) is 17.5. The van der Waals surface area contributed by atoms with Gasteiger partial charge in [-0.3, -0.25) is 4.79 Å². The van der Waals surface area contributed by atoms with Crippen LogP contribution in [0.3, 0.4) is 0 Å². The van der Waals surface area contributed by atoms with Crippen molar-refractivity contribution < 1.29 is 19.8 Å². The number of carboxylic acids is 2. The number of unbranched alkanes of at least 4 members (excludes halogenated alkanes) is 3.